The Balaban J connectivity index is 1.30. The third-order valence-corrected chi connectivity index (χ3v) is 5.61. The monoisotopic (exact) mass is 278 g/mol. The summed E-state index contributed by atoms with van der Waals surface area (Å²) in [5.74, 6) is 0. The second-order valence-electron chi connectivity index (χ2n) is 5.95. The molecule has 0 saturated carbocycles. The van der Waals surface area contributed by atoms with Crippen LogP contribution in [0.4, 0.5) is 0 Å². The van der Waals surface area contributed by atoms with Crippen molar-refractivity contribution in [2.24, 2.45) is 0 Å². The number of thiophene rings is 1. The Morgan fingerprint density at radius 3 is 2.84 bits per heavy atom. The molecule has 0 spiro atoms. The normalized spacial score (nSPS) is 19.8. The molecule has 1 fully saturated rings. The predicted molar refractivity (Wildman–Crippen MR) is 83.0 cm³/mol. The fourth-order valence-electron chi connectivity index (χ4n) is 3.30. The van der Waals surface area contributed by atoms with Crippen LogP contribution < -0.4 is 5.32 Å². The summed E-state index contributed by atoms with van der Waals surface area (Å²) >= 11 is 2.04. The van der Waals surface area contributed by atoms with Crippen molar-refractivity contribution in [1.82, 2.24) is 10.2 Å². The minimum atomic E-state index is 1.08. The Morgan fingerprint density at radius 1 is 1.11 bits per heavy atom. The van der Waals surface area contributed by atoms with E-state index in [-0.39, 0.29) is 0 Å². The molecule has 106 valence electrons. The van der Waals surface area contributed by atoms with Crippen molar-refractivity contribution in [1.29, 1.82) is 0 Å². The molecule has 2 heterocycles. The van der Waals surface area contributed by atoms with E-state index in [0.717, 1.165) is 6.54 Å². The van der Waals surface area contributed by atoms with E-state index in [9.17, 15) is 0 Å². The number of aryl methyl sites for hydroxylation is 2. The van der Waals surface area contributed by atoms with Crippen molar-refractivity contribution in [3.05, 3.63) is 21.4 Å². The zero-order valence-electron chi connectivity index (χ0n) is 11.9. The van der Waals surface area contributed by atoms with Crippen LogP contribution in [-0.2, 0) is 19.4 Å². The highest BCUT2D eigenvalue weighted by Crippen LogP contribution is 2.30. The van der Waals surface area contributed by atoms with Crippen LogP contribution >= 0.6 is 11.3 Å². The first-order valence-corrected chi connectivity index (χ1v) is 8.77. The number of piperidine rings is 1. The fourth-order valence-corrected chi connectivity index (χ4v) is 4.53. The largest absolute Gasteiger partial charge is 0.312 e. The molecular formula is C16H26N2S. The van der Waals surface area contributed by atoms with Crippen molar-refractivity contribution in [2.45, 2.75) is 51.5 Å². The van der Waals surface area contributed by atoms with Crippen LogP contribution in [0.25, 0.3) is 0 Å². The van der Waals surface area contributed by atoms with Gasteiger partial charge in [0.25, 0.3) is 0 Å². The highest BCUT2D eigenvalue weighted by molar-refractivity contribution is 7.12. The zero-order chi connectivity index (χ0) is 12.9. The molecule has 1 aromatic heterocycles. The lowest BCUT2D eigenvalue weighted by Gasteiger charge is -2.26. The molecule has 3 rings (SSSR count). The first-order chi connectivity index (χ1) is 9.42. The van der Waals surface area contributed by atoms with Crippen LogP contribution in [0.5, 0.6) is 0 Å². The van der Waals surface area contributed by atoms with Crippen molar-refractivity contribution < 1.29 is 0 Å². The molecule has 0 amide bonds. The number of hydrogen-bond donors (Lipinski definition) is 1. The number of likely N-dealkylation sites (tertiary alicyclic amines) is 1. The van der Waals surface area contributed by atoms with E-state index in [0.29, 0.717) is 0 Å². The van der Waals surface area contributed by atoms with Crippen LogP contribution in [0.15, 0.2) is 6.07 Å². The van der Waals surface area contributed by atoms with E-state index in [1.165, 1.54) is 71.1 Å². The lowest BCUT2D eigenvalue weighted by Crippen LogP contribution is -2.32. The summed E-state index contributed by atoms with van der Waals surface area (Å²) in [6.45, 7) is 6.19. The molecule has 0 atom stereocenters. The smallest absolute Gasteiger partial charge is 0.0299 e. The maximum Gasteiger partial charge on any atom is 0.0299 e. The molecular weight excluding hydrogens is 252 g/mol. The average molecular weight is 278 g/mol. The Labute approximate surface area is 121 Å². The van der Waals surface area contributed by atoms with E-state index in [1.54, 1.807) is 15.3 Å². The van der Waals surface area contributed by atoms with Gasteiger partial charge in [-0.05, 0) is 76.3 Å². The molecule has 3 heteroatoms. The van der Waals surface area contributed by atoms with E-state index in [1.807, 2.05) is 11.3 Å². The van der Waals surface area contributed by atoms with E-state index in [2.05, 4.69) is 16.3 Å². The number of hydrogen-bond acceptors (Lipinski definition) is 3. The molecule has 0 bridgehead atoms. The van der Waals surface area contributed by atoms with Crippen molar-refractivity contribution in [2.75, 3.05) is 26.2 Å². The van der Waals surface area contributed by atoms with Gasteiger partial charge in [0.1, 0.15) is 0 Å². The van der Waals surface area contributed by atoms with Gasteiger partial charge < -0.3 is 10.2 Å². The van der Waals surface area contributed by atoms with Crippen LogP contribution in [0.2, 0.25) is 0 Å². The van der Waals surface area contributed by atoms with Gasteiger partial charge in [-0.1, -0.05) is 6.42 Å². The summed E-state index contributed by atoms with van der Waals surface area (Å²) in [6, 6.07) is 2.44. The van der Waals surface area contributed by atoms with Crippen LogP contribution in [0.1, 0.15) is 47.4 Å². The average Bonchev–Trinajstić information content (AvgIpc) is 3.00. The third kappa shape index (κ3) is 3.80. The van der Waals surface area contributed by atoms with Crippen LogP contribution in [0, 0.1) is 0 Å². The molecule has 0 radical (unpaired) electrons. The van der Waals surface area contributed by atoms with Gasteiger partial charge in [0, 0.05) is 16.3 Å². The van der Waals surface area contributed by atoms with Crippen molar-refractivity contribution >= 4 is 11.3 Å². The summed E-state index contributed by atoms with van der Waals surface area (Å²) in [7, 11) is 0. The number of rotatable bonds is 6. The number of nitrogens with zero attached hydrogens (tertiary/aromatic N) is 1. The van der Waals surface area contributed by atoms with Gasteiger partial charge in [-0.3, -0.25) is 0 Å². The van der Waals surface area contributed by atoms with E-state index in [4.69, 9.17) is 0 Å². The SMILES string of the molecule is c1c(CNCCCN2CCCCC2)sc2c1CCC2. The van der Waals surface area contributed by atoms with Gasteiger partial charge in [-0.15, -0.1) is 11.3 Å². The van der Waals surface area contributed by atoms with E-state index >= 15 is 0 Å². The first-order valence-electron chi connectivity index (χ1n) is 7.95. The topological polar surface area (TPSA) is 15.3 Å². The standard InChI is InChI=1S/C16H26N2S/c1-2-9-18(10-3-1)11-5-8-17-13-15-12-14-6-4-7-16(14)19-15/h12,17H,1-11,13H2. The molecule has 1 aromatic rings. The Hall–Kier alpha value is -0.380. The van der Waals surface area contributed by atoms with Crippen LogP contribution in [0.3, 0.4) is 0 Å². The van der Waals surface area contributed by atoms with Gasteiger partial charge in [0.05, 0.1) is 0 Å². The van der Waals surface area contributed by atoms with Gasteiger partial charge in [-0.25, -0.2) is 0 Å². The second kappa shape index (κ2) is 6.87. The lowest BCUT2D eigenvalue weighted by molar-refractivity contribution is 0.226. The molecule has 1 saturated heterocycles. The highest BCUT2D eigenvalue weighted by Gasteiger charge is 2.14. The minimum absolute atomic E-state index is 1.08. The molecule has 1 aliphatic carbocycles. The zero-order valence-corrected chi connectivity index (χ0v) is 12.7. The fraction of sp³-hybridized carbons (Fsp3) is 0.750. The quantitative estimate of drug-likeness (QED) is 0.804. The summed E-state index contributed by atoms with van der Waals surface area (Å²) in [4.78, 5) is 5.83. The molecule has 2 nitrogen and oxygen atoms in total. The third-order valence-electron chi connectivity index (χ3n) is 4.37. The van der Waals surface area contributed by atoms with Gasteiger partial charge >= 0.3 is 0 Å². The highest BCUT2D eigenvalue weighted by atomic mass is 32.1. The number of nitrogens with one attached hydrogen (secondary N) is 1. The maximum absolute atomic E-state index is 3.61. The van der Waals surface area contributed by atoms with Gasteiger partial charge in [0.15, 0.2) is 0 Å². The predicted octanol–water partition coefficient (Wildman–Crippen LogP) is 3.20. The second-order valence-corrected chi connectivity index (χ2v) is 7.17. The lowest BCUT2D eigenvalue weighted by atomic mass is 10.1. The molecule has 2 aliphatic rings. The molecule has 1 N–H and O–H groups in total. The summed E-state index contributed by atoms with van der Waals surface area (Å²) in [5, 5.41) is 3.61. The maximum atomic E-state index is 3.61. The summed E-state index contributed by atoms with van der Waals surface area (Å²) in [5.41, 5.74) is 1.63. The summed E-state index contributed by atoms with van der Waals surface area (Å²) < 4.78 is 0. The van der Waals surface area contributed by atoms with Crippen molar-refractivity contribution in [3.63, 3.8) is 0 Å². The molecule has 19 heavy (non-hydrogen) atoms. The summed E-state index contributed by atoms with van der Waals surface area (Å²) in [6.07, 6.45) is 9.59. The van der Waals surface area contributed by atoms with E-state index < -0.39 is 0 Å². The Kier molecular flexibility index (Phi) is 4.91. The molecule has 0 aromatic carbocycles. The molecule has 1 aliphatic heterocycles. The number of fused-ring (bicyclic) bond motifs is 1. The first kappa shape index (κ1) is 13.6. The Morgan fingerprint density at radius 2 is 2.00 bits per heavy atom. The molecule has 0 unspecified atom stereocenters. The van der Waals surface area contributed by atoms with Crippen molar-refractivity contribution in [3.8, 4) is 0 Å². The van der Waals surface area contributed by atoms with Gasteiger partial charge in [-0.2, -0.15) is 0 Å². The van der Waals surface area contributed by atoms with Gasteiger partial charge in [0.2, 0.25) is 0 Å². The Bertz CT molecular complexity index is 372. The van der Waals surface area contributed by atoms with Crippen LogP contribution in [-0.4, -0.2) is 31.1 Å². The minimum Gasteiger partial charge on any atom is -0.312 e.